The highest BCUT2D eigenvalue weighted by atomic mass is 16.4. The first-order valence-corrected chi connectivity index (χ1v) is 5.18. The summed E-state index contributed by atoms with van der Waals surface area (Å²) in [5.74, 6) is 0.143. The Morgan fingerprint density at radius 3 is 2.69 bits per heavy atom. The average molecular weight is 183 g/mol. The van der Waals surface area contributed by atoms with Gasteiger partial charge in [-0.25, -0.2) is 0 Å². The molecule has 2 atom stereocenters. The highest BCUT2D eigenvalue weighted by Gasteiger charge is 2.39. The standard InChI is InChI=1S/C10H17NO2/c1-7(8-4-5-8)11-6-2-3-9(11)10(12)13/h7-9H,2-6H2,1H3,(H,12,13)/t7?,9-/m0/s1. The van der Waals surface area contributed by atoms with Crippen LogP contribution in [0.25, 0.3) is 0 Å². The number of likely N-dealkylation sites (tertiary alicyclic amines) is 1. The third-order valence-corrected chi connectivity index (χ3v) is 3.41. The molecule has 1 saturated heterocycles. The number of carbonyl (C=O) groups is 1. The van der Waals surface area contributed by atoms with Crippen molar-refractivity contribution in [3.63, 3.8) is 0 Å². The van der Waals surface area contributed by atoms with Crippen LogP contribution in [0.5, 0.6) is 0 Å². The van der Waals surface area contributed by atoms with E-state index in [4.69, 9.17) is 5.11 Å². The van der Waals surface area contributed by atoms with Crippen LogP contribution in [0.1, 0.15) is 32.6 Å². The quantitative estimate of drug-likeness (QED) is 0.717. The van der Waals surface area contributed by atoms with Crippen molar-refractivity contribution in [3.8, 4) is 0 Å². The molecule has 2 aliphatic rings. The summed E-state index contributed by atoms with van der Waals surface area (Å²) in [6.45, 7) is 3.16. The fraction of sp³-hybridized carbons (Fsp3) is 0.900. The Kier molecular flexibility index (Phi) is 2.28. The Hall–Kier alpha value is -0.570. The molecule has 3 heteroatoms. The van der Waals surface area contributed by atoms with E-state index in [-0.39, 0.29) is 6.04 Å². The maximum Gasteiger partial charge on any atom is 0.320 e. The van der Waals surface area contributed by atoms with Gasteiger partial charge in [-0.2, -0.15) is 0 Å². The zero-order chi connectivity index (χ0) is 9.42. The summed E-state index contributed by atoms with van der Waals surface area (Å²) in [6.07, 6.45) is 4.48. The molecule has 0 spiro atoms. The lowest BCUT2D eigenvalue weighted by Gasteiger charge is -2.28. The Balaban J connectivity index is 1.99. The number of carboxylic acid groups (broad SMARTS) is 1. The lowest BCUT2D eigenvalue weighted by atomic mass is 10.1. The topological polar surface area (TPSA) is 40.5 Å². The van der Waals surface area contributed by atoms with Crippen molar-refractivity contribution in [2.75, 3.05) is 6.54 Å². The van der Waals surface area contributed by atoms with Crippen molar-refractivity contribution in [2.45, 2.75) is 44.7 Å². The summed E-state index contributed by atoms with van der Waals surface area (Å²) in [5, 5.41) is 8.99. The van der Waals surface area contributed by atoms with E-state index < -0.39 is 5.97 Å². The fourth-order valence-corrected chi connectivity index (χ4v) is 2.39. The van der Waals surface area contributed by atoms with Crippen LogP contribution in [-0.2, 0) is 4.79 Å². The second-order valence-corrected chi connectivity index (χ2v) is 4.31. The molecule has 0 radical (unpaired) electrons. The monoisotopic (exact) mass is 183 g/mol. The molecule has 13 heavy (non-hydrogen) atoms. The molecule has 2 rings (SSSR count). The summed E-state index contributed by atoms with van der Waals surface area (Å²) < 4.78 is 0. The second-order valence-electron chi connectivity index (χ2n) is 4.31. The van der Waals surface area contributed by atoms with Gasteiger partial charge >= 0.3 is 5.97 Å². The Morgan fingerprint density at radius 2 is 2.15 bits per heavy atom. The minimum atomic E-state index is -0.634. The fourth-order valence-electron chi connectivity index (χ4n) is 2.39. The van der Waals surface area contributed by atoms with E-state index >= 15 is 0 Å². The average Bonchev–Trinajstić information content (AvgIpc) is 2.80. The van der Waals surface area contributed by atoms with Gasteiger partial charge in [0.2, 0.25) is 0 Å². The van der Waals surface area contributed by atoms with E-state index in [0.29, 0.717) is 6.04 Å². The third-order valence-electron chi connectivity index (χ3n) is 3.41. The normalized spacial score (nSPS) is 31.9. The number of nitrogens with zero attached hydrogens (tertiary/aromatic N) is 1. The molecule has 0 aromatic carbocycles. The van der Waals surface area contributed by atoms with Gasteiger partial charge in [-0.1, -0.05) is 0 Å². The molecule has 1 N–H and O–H groups in total. The number of carboxylic acids is 1. The summed E-state index contributed by atoms with van der Waals surface area (Å²) in [5.41, 5.74) is 0. The molecule has 1 heterocycles. The summed E-state index contributed by atoms with van der Waals surface area (Å²) in [4.78, 5) is 13.1. The van der Waals surface area contributed by atoms with Gasteiger partial charge in [0.1, 0.15) is 6.04 Å². The van der Waals surface area contributed by atoms with Crippen LogP contribution in [0.3, 0.4) is 0 Å². The van der Waals surface area contributed by atoms with Crippen molar-refractivity contribution in [1.29, 1.82) is 0 Å². The van der Waals surface area contributed by atoms with Gasteiger partial charge in [0.15, 0.2) is 0 Å². The van der Waals surface area contributed by atoms with Crippen LogP contribution >= 0.6 is 0 Å². The smallest absolute Gasteiger partial charge is 0.320 e. The number of rotatable bonds is 3. The zero-order valence-corrected chi connectivity index (χ0v) is 8.07. The molecule has 3 nitrogen and oxygen atoms in total. The molecule has 1 aliphatic carbocycles. The van der Waals surface area contributed by atoms with Gasteiger partial charge in [0, 0.05) is 6.04 Å². The van der Waals surface area contributed by atoms with E-state index in [1.807, 2.05) is 0 Å². The second kappa shape index (κ2) is 3.29. The van der Waals surface area contributed by atoms with Crippen molar-refractivity contribution in [3.05, 3.63) is 0 Å². The molecule has 2 fully saturated rings. The third kappa shape index (κ3) is 1.70. The Bertz CT molecular complexity index is 213. The van der Waals surface area contributed by atoms with Gasteiger partial charge < -0.3 is 5.11 Å². The molecule has 0 amide bonds. The van der Waals surface area contributed by atoms with Gasteiger partial charge in [0.05, 0.1) is 0 Å². The number of hydrogen-bond acceptors (Lipinski definition) is 2. The molecular formula is C10H17NO2. The predicted molar refractivity (Wildman–Crippen MR) is 49.5 cm³/mol. The first-order valence-electron chi connectivity index (χ1n) is 5.18. The molecule has 74 valence electrons. The minimum Gasteiger partial charge on any atom is -0.480 e. The van der Waals surface area contributed by atoms with Crippen LogP contribution in [0.4, 0.5) is 0 Å². The van der Waals surface area contributed by atoms with Crippen LogP contribution < -0.4 is 0 Å². The van der Waals surface area contributed by atoms with E-state index in [9.17, 15) is 4.79 Å². The van der Waals surface area contributed by atoms with E-state index in [2.05, 4.69) is 11.8 Å². The molecule has 1 unspecified atom stereocenters. The van der Waals surface area contributed by atoms with Crippen LogP contribution in [0.2, 0.25) is 0 Å². The van der Waals surface area contributed by atoms with Crippen LogP contribution in [-0.4, -0.2) is 34.6 Å². The molecule has 0 aromatic rings. The highest BCUT2D eigenvalue weighted by Crippen LogP contribution is 2.37. The Labute approximate surface area is 78.7 Å². The van der Waals surface area contributed by atoms with E-state index in [0.717, 1.165) is 25.3 Å². The van der Waals surface area contributed by atoms with Crippen LogP contribution in [0.15, 0.2) is 0 Å². The SMILES string of the molecule is CC(C1CC1)N1CCC[C@H]1C(=O)O. The maximum atomic E-state index is 10.9. The number of aliphatic carboxylic acids is 1. The lowest BCUT2D eigenvalue weighted by Crippen LogP contribution is -2.42. The highest BCUT2D eigenvalue weighted by molar-refractivity contribution is 5.73. The zero-order valence-electron chi connectivity index (χ0n) is 8.07. The van der Waals surface area contributed by atoms with Gasteiger partial charge in [-0.05, 0) is 45.1 Å². The summed E-state index contributed by atoms with van der Waals surface area (Å²) in [7, 11) is 0. The van der Waals surface area contributed by atoms with Gasteiger partial charge in [-0.15, -0.1) is 0 Å². The largest absolute Gasteiger partial charge is 0.480 e. The van der Waals surface area contributed by atoms with Gasteiger partial charge in [0.25, 0.3) is 0 Å². The minimum absolute atomic E-state index is 0.199. The first kappa shape index (κ1) is 9.00. The van der Waals surface area contributed by atoms with E-state index in [1.54, 1.807) is 0 Å². The lowest BCUT2D eigenvalue weighted by molar-refractivity contribution is -0.143. The first-order chi connectivity index (χ1) is 6.20. The summed E-state index contributed by atoms with van der Waals surface area (Å²) >= 11 is 0. The molecule has 1 aliphatic heterocycles. The maximum absolute atomic E-state index is 10.9. The van der Waals surface area contributed by atoms with Crippen LogP contribution in [0, 0.1) is 5.92 Å². The molecular weight excluding hydrogens is 166 g/mol. The Morgan fingerprint density at radius 1 is 1.46 bits per heavy atom. The molecule has 0 bridgehead atoms. The number of hydrogen-bond donors (Lipinski definition) is 1. The van der Waals surface area contributed by atoms with E-state index in [1.165, 1.54) is 12.8 Å². The van der Waals surface area contributed by atoms with Crippen molar-refractivity contribution >= 4 is 5.97 Å². The molecule has 1 saturated carbocycles. The van der Waals surface area contributed by atoms with Gasteiger partial charge in [-0.3, -0.25) is 9.69 Å². The van der Waals surface area contributed by atoms with Crippen molar-refractivity contribution < 1.29 is 9.90 Å². The van der Waals surface area contributed by atoms with Crippen molar-refractivity contribution in [1.82, 2.24) is 4.90 Å². The summed E-state index contributed by atoms with van der Waals surface area (Å²) in [6, 6.07) is 0.291. The molecule has 0 aromatic heterocycles. The predicted octanol–water partition coefficient (Wildman–Crippen LogP) is 1.33. The van der Waals surface area contributed by atoms with Crippen molar-refractivity contribution in [2.24, 2.45) is 5.92 Å².